The molecular formula is C72H52N2Si2. The molecule has 2 heterocycles. The quantitative estimate of drug-likeness (QED) is 0.0903. The summed E-state index contributed by atoms with van der Waals surface area (Å²) < 4.78 is 5.04. The number of hydrogen-bond acceptors (Lipinski definition) is 0. The maximum Gasteiger partial charge on any atom is 0.180 e. The third-order valence-electron chi connectivity index (χ3n) is 16.0. The molecule has 0 amide bonds. The fraction of sp³-hybridized carbons (Fsp3) is 0. The van der Waals surface area contributed by atoms with Crippen LogP contribution in [0, 0.1) is 0 Å². The van der Waals surface area contributed by atoms with Crippen LogP contribution in [0.1, 0.15) is 0 Å². The van der Waals surface area contributed by atoms with Crippen molar-refractivity contribution >= 4 is 101 Å². The molecule has 0 saturated carbocycles. The van der Waals surface area contributed by atoms with Crippen molar-refractivity contribution in [3.05, 3.63) is 315 Å². The van der Waals surface area contributed by atoms with E-state index in [1.807, 2.05) is 0 Å². The van der Waals surface area contributed by atoms with E-state index in [9.17, 15) is 0 Å². The number of benzene rings is 12. The van der Waals surface area contributed by atoms with Gasteiger partial charge in [0.25, 0.3) is 0 Å². The Kier molecular flexibility index (Phi) is 11.2. The van der Waals surface area contributed by atoms with Crippen molar-refractivity contribution in [1.29, 1.82) is 0 Å². The summed E-state index contributed by atoms with van der Waals surface area (Å²) in [6, 6.07) is 119. The van der Waals surface area contributed by atoms with E-state index < -0.39 is 16.1 Å². The van der Waals surface area contributed by atoms with Gasteiger partial charge in [-0.15, -0.1) is 0 Å². The molecule has 4 heteroatoms. The van der Waals surface area contributed by atoms with E-state index in [1.54, 1.807) is 0 Å². The van der Waals surface area contributed by atoms with Gasteiger partial charge in [0.05, 0.1) is 22.1 Å². The molecule has 0 atom stereocenters. The summed E-state index contributed by atoms with van der Waals surface area (Å²) in [7, 11) is -6.04. The molecule has 12 aromatic carbocycles. The predicted molar refractivity (Wildman–Crippen MR) is 328 cm³/mol. The first-order valence-corrected chi connectivity index (χ1v) is 30.3. The van der Waals surface area contributed by atoms with E-state index in [-0.39, 0.29) is 0 Å². The van der Waals surface area contributed by atoms with Gasteiger partial charge in [0.2, 0.25) is 0 Å². The van der Waals surface area contributed by atoms with Crippen LogP contribution >= 0.6 is 0 Å². The molecule has 358 valence electrons. The molecule has 0 N–H and O–H groups in total. The SMILES string of the molecule is c1ccc(-c2ccc([Si](c3ccccc3)(c3ccccc3)c3cccc(-n4c5ccc(-n6c7ccccc7c7ccccc76)cc5c5c([Si](c6ccccc6)(c6ccccc6)c6ccccc6)cccc54)c3)cc2)cc1. The van der Waals surface area contributed by atoms with Crippen LogP contribution in [0.15, 0.2) is 315 Å². The zero-order chi connectivity index (χ0) is 50.5. The second-order valence-corrected chi connectivity index (χ2v) is 27.5. The van der Waals surface area contributed by atoms with Gasteiger partial charge in [0.1, 0.15) is 0 Å². The van der Waals surface area contributed by atoms with E-state index >= 15 is 0 Å². The first-order valence-electron chi connectivity index (χ1n) is 26.3. The second-order valence-electron chi connectivity index (χ2n) is 19.9. The Bertz CT molecular complexity index is 4170. The molecule has 0 aliphatic heterocycles. The normalized spacial score (nSPS) is 11.9. The lowest BCUT2D eigenvalue weighted by Crippen LogP contribution is -2.74. The third kappa shape index (κ3) is 7.14. The maximum absolute atomic E-state index is 3.06. The molecule has 0 aliphatic rings. The molecule has 0 unspecified atom stereocenters. The van der Waals surface area contributed by atoms with Crippen LogP contribution < -0.4 is 41.5 Å². The van der Waals surface area contributed by atoms with Crippen molar-refractivity contribution < 1.29 is 0 Å². The number of nitrogens with zero attached hydrogens (tertiary/aromatic N) is 2. The van der Waals surface area contributed by atoms with Crippen molar-refractivity contribution in [1.82, 2.24) is 9.13 Å². The van der Waals surface area contributed by atoms with Crippen LogP contribution in [0.25, 0.3) is 66.1 Å². The zero-order valence-electron chi connectivity index (χ0n) is 41.9. The lowest BCUT2D eigenvalue weighted by Gasteiger charge is -2.35. The van der Waals surface area contributed by atoms with Crippen molar-refractivity contribution in [2.75, 3.05) is 0 Å². The number of fused-ring (bicyclic) bond motifs is 6. The Labute approximate surface area is 445 Å². The number of rotatable bonds is 11. The molecular weight excluding hydrogens is 949 g/mol. The van der Waals surface area contributed by atoms with Crippen molar-refractivity contribution in [3.63, 3.8) is 0 Å². The highest BCUT2D eigenvalue weighted by atomic mass is 28.3. The van der Waals surface area contributed by atoms with Gasteiger partial charge in [-0.25, -0.2) is 0 Å². The Morgan fingerprint density at radius 3 is 1.11 bits per heavy atom. The molecule has 2 nitrogen and oxygen atoms in total. The van der Waals surface area contributed by atoms with Crippen LogP contribution in [0.2, 0.25) is 0 Å². The highest BCUT2D eigenvalue weighted by Gasteiger charge is 2.44. The largest absolute Gasteiger partial charge is 0.309 e. The number of aromatic nitrogens is 2. The molecule has 0 radical (unpaired) electrons. The Morgan fingerprint density at radius 2 is 0.579 bits per heavy atom. The standard InChI is InChI=1S/C72H52N2Si2/c1-7-25-53(26-8-1)54-45-48-62(49-46-54)75(57-28-9-2-10-29-57,58-30-11-3-12-31-58)63-38-23-27-55(51-63)74-69-50-47-56(73-67-41-21-19-39-64(67)65-40-20-22-42-68(65)73)52-66(69)72-70(74)43-24-44-71(72)76(59-32-13-4-14-33-59,60-34-15-5-16-35-60)61-36-17-6-18-37-61/h1-52H. The Morgan fingerprint density at radius 1 is 0.211 bits per heavy atom. The minimum Gasteiger partial charge on any atom is -0.309 e. The first-order chi connectivity index (χ1) is 37.7. The summed E-state index contributed by atoms with van der Waals surface area (Å²) in [6.45, 7) is 0. The molecule has 0 fully saturated rings. The minimum atomic E-state index is -3.06. The van der Waals surface area contributed by atoms with Crippen LogP contribution in [-0.4, -0.2) is 25.3 Å². The van der Waals surface area contributed by atoms with Gasteiger partial charge in [0, 0.05) is 32.9 Å². The van der Waals surface area contributed by atoms with Crippen molar-refractivity contribution in [2.45, 2.75) is 0 Å². The van der Waals surface area contributed by atoms with Gasteiger partial charge < -0.3 is 9.13 Å². The summed E-state index contributed by atoms with van der Waals surface area (Å²) in [5, 5.41) is 15.8. The fourth-order valence-corrected chi connectivity index (χ4v) is 22.6. The van der Waals surface area contributed by atoms with E-state index in [4.69, 9.17) is 0 Å². The summed E-state index contributed by atoms with van der Waals surface area (Å²) >= 11 is 0. The molecule has 14 rings (SSSR count). The fourth-order valence-electron chi connectivity index (χ4n) is 12.8. The van der Waals surface area contributed by atoms with Gasteiger partial charge in [0.15, 0.2) is 16.1 Å². The molecule has 0 aliphatic carbocycles. The molecule has 76 heavy (non-hydrogen) atoms. The van der Waals surface area contributed by atoms with Gasteiger partial charge in [-0.3, -0.25) is 0 Å². The zero-order valence-corrected chi connectivity index (χ0v) is 43.9. The van der Waals surface area contributed by atoms with Crippen molar-refractivity contribution in [3.8, 4) is 22.5 Å². The molecule has 2 aromatic heterocycles. The predicted octanol–water partition coefficient (Wildman–Crippen LogP) is 12.3. The van der Waals surface area contributed by atoms with E-state index in [0.29, 0.717) is 0 Å². The summed E-state index contributed by atoms with van der Waals surface area (Å²) in [5.41, 5.74) is 9.44. The van der Waals surface area contributed by atoms with Gasteiger partial charge in [-0.05, 0) is 101 Å². The molecule has 14 aromatic rings. The van der Waals surface area contributed by atoms with Crippen molar-refractivity contribution in [2.24, 2.45) is 0 Å². The summed E-state index contributed by atoms with van der Waals surface area (Å²) in [6.07, 6.45) is 0. The van der Waals surface area contributed by atoms with Crippen LogP contribution in [-0.2, 0) is 0 Å². The topological polar surface area (TPSA) is 9.86 Å². The lowest BCUT2D eigenvalue weighted by molar-refractivity contribution is 1.17. The van der Waals surface area contributed by atoms with Gasteiger partial charge >= 0.3 is 0 Å². The highest BCUT2D eigenvalue weighted by Crippen LogP contribution is 2.37. The minimum absolute atomic E-state index is 1.13. The van der Waals surface area contributed by atoms with E-state index in [0.717, 1.165) is 11.4 Å². The van der Waals surface area contributed by atoms with E-state index in [1.165, 1.54) is 96.2 Å². The maximum atomic E-state index is 2.57. The highest BCUT2D eigenvalue weighted by molar-refractivity contribution is 7.21. The molecule has 0 saturated heterocycles. The average Bonchev–Trinajstić information content (AvgIpc) is 4.16. The third-order valence-corrected chi connectivity index (χ3v) is 25.6. The second kappa shape index (κ2) is 18.9. The lowest BCUT2D eigenvalue weighted by atomic mass is 10.1. The molecule has 0 bridgehead atoms. The number of para-hydroxylation sites is 2. The van der Waals surface area contributed by atoms with Crippen LogP contribution in [0.4, 0.5) is 0 Å². The van der Waals surface area contributed by atoms with Gasteiger partial charge in [-0.1, -0.05) is 267 Å². The van der Waals surface area contributed by atoms with Gasteiger partial charge in [-0.2, -0.15) is 0 Å². The van der Waals surface area contributed by atoms with E-state index in [2.05, 4.69) is 325 Å². The Balaban J connectivity index is 1.09. The summed E-state index contributed by atoms with van der Waals surface area (Å²) in [4.78, 5) is 0. The smallest absolute Gasteiger partial charge is 0.180 e. The van der Waals surface area contributed by atoms with Crippen LogP contribution in [0.5, 0.6) is 0 Å². The number of hydrogen-bond donors (Lipinski definition) is 0. The summed E-state index contributed by atoms with van der Waals surface area (Å²) in [5.74, 6) is 0. The average molecular weight is 1000 g/mol. The Hall–Kier alpha value is -9.33. The monoisotopic (exact) mass is 1000 g/mol. The van der Waals surface area contributed by atoms with Crippen LogP contribution in [0.3, 0.4) is 0 Å². The molecule has 0 spiro atoms. The first kappa shape index (κ1) is 45.3.